The summed E-state index contributed by atoms with van der Waals surface area (Å²) in [5.41, 5.74) is 1.89. The molecule has 0 aliphatic carbocycles. The third-order valence-electron chi connectivity index (χ3n) is 2.53. The van der Waals surface area contributed by atoms with Gasteiger partial charge in [-0.05, 0) is 47.3 Å². The number of aromatic hydroxyl groups is 1. The van der Waals surface area contributed by atoms with Gasteiger partial charge in [0.2, 0.25) is 0 Å². The summed E-state index contributed by atoms with van der Waals surface area (Å²) in [7, 11) is 0. The van der Waals surface area contributed by atoms with Crippen molar-refractivity contribution in [3.05, 3.63) is 54.1 Å². The summed E-state index contributed by atoms with van der Waals surface area (Å²) in [4.78, 5) is 1.13. The number of rotatable bonds is 2. The number of hydrogen-bond acceptors (Lipinski definition) is 3. The second-order valence-corrected chi connectivity index (χ2v) is 4.67. The van der Waals surface area contributed by atoms with Gasteiger partial charge in [-0.1, -0.05) is 6.07 Å². The molecule has 3 rings (SSSR count). The molecule has 0 saturated heterocycles. The molecule has 0 radical (unpaired) electrons. The number of thiophene rings is 1. The smallest absolute Gasteiger partial charge is 0.134 e. The summed E-state index contributed by atoms with van der Waals surface area (Å²) in [5.74, 6) is 1.01. The monoisotopic (exact) mass is 242 g/mol. The van der Waals surface area contributed by atoms with Crippen LogP contribution >= 0.6 is 11.3 Å². The Labute approximate surface area is 103 Å². The van der Waals surface area contributed by atoms with Crippen LogP contribution in [0.2, 0.25) is 0 Å². The fraction of sp³-hybridized carbons (Fsp3) is 0. The second kappa shape index (κ2) is 4.11. The molecule has 0 fully saturated rings. The van der Waals surface area contributed by atoms with Crippen LogP contribution in [0, 0.1) is 0 Å². The first-order valence-electron chi connectivity index (χ1n) is 5.25. The molecule has 17 heavy (non-hydrogen) atoms. The molecule has 0 amide bonds. The Hall–Kier alpha value is -2.00. The highest BCUT2D eigenvalue weighted by Crippen LogP contribution is 2.33. The third kappa shape index (κ3) is 1.97. The molecule has 3 heteroatoms. The maximum atomic E-state index is 9.75. The summed E-state index contributed by atoms with van der Waals surface area (Å²) in [5, 5.41) is 11.8. The Kier molecular flexibility index (Phi) is 2.46. The summed E-state index contributed by atoms with van der Waals surface area (Å²) in [6.07, 6.45) is 1.63. The van der Waals surface area contributed by atoms with Gasteiger partial charge in [0, 0.05) is 10.4 Å². The molecule has 0 atom stereocenters. The van der Waals surface area contributed by atoms with Gasteiger partial charge in [0.25, 0.3) is 0 Å². The molecular formula is C14H10O2S. The summed E-state index contributed by atoms with van der Waals surface area (Å²) in [6, 6.07) is 13.2. The molecule has 0 aliphatic rings. The first kappa shape index (κ1) is 10.2. The number of furan rings is 1. The molecule has 0 bridgehead atoms. The van der Waals surface area contributed by atoms with Crippen molar-refractivity contribution in [2.24, 2.45) is 0 Å². The van der Waals surface area contributed by atoms with Crippen LogP contribution in [-0.2, 0) is 0 Å². The Morgan fingerprint density at radius 3 is 2.59 bits per heavy atom. The molecule has 2 aromatic heterocycles. The number of benzene rings is 1. The van der Waals surface area contributed by atoms with Crippen molar-refractivity contribution in [2.75, 3.05) is 0 Å². The lowest BCUT2D eigenvalue weighted by Gasteiger charge is -2.03. The van der Waals surface area contributed by atoms with Crippen LogP contribution in [0.1, 0.15) is 0 Å². The molecule has 1 aromatic carbocycles. The minimum absolute atomic E-state index is 0.252. The van der Waals surface area contributed by atoms with Crippen LogP contribution in [0.4, 0.5) is 0 Å². The van der Waals surface area contributed by atoms with Gasteiger partial charge in [0.15, 0.2) is 0 Å². The lowest BCUT2D eigenvalue weighted by molar-refractivity contribution is 0.475. The van der Waals surface area contributed by atoms with Gasteiger partial charge in [0.05, 0.1) is 6.26 Å². The van der Waals surface area contributed by atoms with Gasteiger partial charge >= 0.3 is 0 Å². The minimum atomic E-state index is 0.252. The lowest BCUT2D eigenvalue weighted by atomic mass is 10.1. The highest BCUT2D eigenvalue weighted by atomic mass is 32.1. The van der Waals surface area contributed by atoms with E-state index in [9.17, 15) is 5.11 Å². The summed E-state index contributed by atoms with van der Waals surface area (Å²) < 4.78 is 5.34. The van der Waals surface area contributed by atoms with Crippen LogP contribution in [0.3, 0.4) is 0 Å². The predicted molar refractivity (Wildman–Crippen MR) is 69.1 cm³/mol. The number of phenols is 1. The van der Waals surface area contributed by atoms with E-state index in [2.05, 4.69) is 0 Å². The fourth-order valence-corrected chi connectivity index (χ4v) is 2.50. The van der Waals surface area contributed by atoms with Crippen molar-refractivity contribution in [1.29, 1.82) is 0 Å². The maximum Gasteiger partial charge on any atom is 0.134 e. The van der Waals surface area contributed by atoms with Gasteiger partial charge in [-0.3, -0.25) is 0 Å². The zero-order valence-electron chi connectivity index (χ0n) is 8.96. The molecule has 0 saturated carbocycles. The van der Waals surface area contributed by atoms with Gasteiger partial charge in [0.1, 0.15) is 11.5 Å². The fourth-order valence-electron chi connectivity index (χ4n) is 1.78. The molecule has 84 valence electrons. The molecule has 2 nitrogen and oxygen atoms in total. The van der Waals surface area contributed by atoms with Crippen LogP contribution in [0.15, 0.2) is 58.5 Å². The van der Waals surface area contributed by atoms with Crippen molar-refractivity contribution >= 4 is 11.3 Å². The van der Waals surface area contributed by atoms with Crippen molar-refractivity contribution in [3.8, 4) is 27.5 Å². The Bertz CT molecular complexity index is 557. The van der Waals surface area contributed by atoms with Gasteiger partial charge in [-0.25, -0.2) is 0 Å². The minimum Gasteiger partial charge on any atom is -0.508 e. The Morgan fingerprint density at radius 1 is 1.00 bits per heavy atom. The zero-order valence-corrected chi connectivity index (χ0v) is 9.78. The van der Waals surface area contributed by atoms with Gasteiger partial charge in [-0.2, -0.15) is 0 Å². The van der Waals surface area contributed by atoms with Crippen LogP contribution < -0.4 is 0 Å². The van der Waals surface area contributed by atoms with Gasteiger partial charge in [-0.15, -0.1) is 11.3 Å². The molecular weight excluding hydrogens is 232 g/mol. The largest absolute Gasteiger partial charge is 0.508 e. The SMILES string of the molecule is Oc1cc(-c2ccco2)cc(-c2cccs2)c1. The predicted octanol–water partition coefficient (Wildman–Crippen LogP) is 4.38. The van der Waals surface area contributed by atoms with E-state index in [1.807, 2.05) is 35.7 Å². The maximum absolute atomic E-state index is 9.75. The number of hydrogen-bond donors (Lipinski definition) is 1. The van der Waals surface area contributed by atoms with Crippen molar-refractivity contribution in [1.82, 2.24) is 0 Å². The highest BCUT2D eigenvalue weighted by Gasteiger charge is 2.07. The van der Waals surface area contributed by atoms with E-state index in [0.717, 1.165) is 21.8 Å². The average molecular weight is 242 g/mol. The van der Waals surface area contributed by atoms with E-state index in [1.165, 1.54) is 0 Å². The van der Waals surface area contributed by atoms with Gasteiger partial charge < -0.3 is 9.52 Å². The quantitative estimate of drug-likeness (QED) is 0.723. The molecule has 0 aliphatic heterocycles. The summed E-state index contributed by atoms with van der Waals surface area (Å²) in [6.45, 7) is 0. The second-order valence-electron chi connectivity index (χ2n) is 3.72. The topological polar surface area (TPSA) is 33.4 Å². The normalized spacial score (nSPS) is 10.6. The molecule has 3 aromatic rings. The molecule has 1 N–H and O–H groups in total. The van der Waals surface area contributed by atoms with Crippen molar-refractivity contribution < 1.29 is 9.52 Å². The lowest BCUT2D eigenvalue weighted by Crippen LogP contribution is -1.78. The summed E-state index contributed by atoms with van der Waals surface area (Å²) >= 11 is 1.65. The van der Waals surface area contributed by atoms with E-state index < -0.39 is 0 Å². The molecule has 0 unspecified atom stereocenters. The van der Waals surface area contributed by atoms with Crippen LogP contribution in [0.5, 0.6) is 5.75 Å². The molecule has 2 heterocycles. The van der Waals surface area contributed by atoms with E-state index in [4.69, 9.17) is 4.42 Å². The first-order chi connectivity index (χ1) is 8.33. The Balaban J connectivity index is 2.13. The van der Waals surface area contributed by atoms with Crippen molar-refractivity contribution in [2.45, 2.75) is 0 Å². The van der Waals surface area contributed by atoms with E-state index >= 15 is 0 Å². The third-order valence-corrected chi connectivity index (χ3v) is 3.45. The van der Waals surface area contributed by atoms with Crippen LogP contribution in [0.25, 0.3) is 21.8 Å². The molecule has 0 spiro atoms. The average Bonchev–Trinajstić information content (AvgIpc) is 3.02. The Morgan fingerprint density at radius 2 is 1.88 bits per heavy atom. The number of phenolic OH excluding ortho intramolecular Hbond substituents is 1. The van der Waals surface area contributed by atoms with E-state index in [0.29, 0.717) is 0 Å². The standard InChI is InChI=1S/C14H10O2S/c15-12-8-10(13-3-1-5-16-13)7-11(9-12)14-4-2-6-17-14/h1-9,15H. The zero-order chi connectivity index (χ0) is 11.7. The van der Waals surface area contributed by atoms with E-state index in [-0.39, 0.29) is 5.75 Å². The first-order valence-corrected chi connectivity index (χ1v) is 6.13. The van der Waals surface area contributed by atoms with E-state index in [1.54, 1.807) is 29.7 Å². The highest BCUT2D eigenvalue weighted by molar-refractivity contribution is 7.13. The van der Waals surface area contributed by atoms with Crippen molar-refractivity contribution in [3.63, 3.8) is 0 Å². The van der Waals surface area contributed by atoms with Crippen LogP contribution in [-0.4, -0.2) is 5.11 Å².